The Morgan fingerprint density at radius 3 is 1.71 bits per heavy atom. The van der Waals surface area contributed by atoms with Crippen molar-refractivity contribution in [2.24, 2.45) is 0 Å². The molecule has 0 aliphatic carbocycles. The summed E-state index contributed by atoms with van der Waals surface area (Å²) in [6.07, 6.45) is 0. The molecule has 3 aromatic carbocycles. The van der Waals surface area contributed by atoms with Crippen LogP contribution in [0.3, 0.4) is 0 Å². The van der Waals surface area contributed by atoms with Crippen molar-refractivity contribution in [3.05, 3.63) is 90.0 Å². The molecular weight excluding hydrogens is 316 g/mol. The number of carbonyl (C=O) groups excluding carboxylic acids is 1. The van der Waals surface area contributed by atoms with Gasteiger partial charge in [0.1, 0.15) is 0 Å². The van der Waals surface area contributed by atoms with Crippen molar-refractivity contribution in [1.82, 2.24) is 0 Å². The van der Waals surface area contributed by atoms with Crippen molar-refractivity contribution >= 4 is 18.4 Å². The molecule has 1 N–H and O–H groups in total. The summed E-state index contributed by atoms with van der Waals surface area (Å²) < 4.78 is 0. The number of rotatable bonds is 3. The maximum Gasteiger partial charge on any atom is 0.193 e. The monoisotopic (exact) mass is 336 g/mol. The highest BCUT2D eigenvalue weighted by Crippen LogP contribution is 2.20. The molecule has 0 radical (unpaired) electrons. The summed E-state index contributed by atoms with van der Waals surface area (Å²) in [6.45, 7) is 1.93. The molecule has 0 saturated carbocycles. The quantitative estimate of drug-likeness (QED) is 0.529. The maximum absolute atomic E-state index is 12.4. The Hall–Kier alpha value is -2.36. The molecule has 0 fully saturated rings. The Morgan fingerprint density at radius 2 is 1.21 bits per heavy atom. The third-order valence-corrected chi connectivity index (χ3v) is 3.68. The van der Waals surface area contributed by atoms with Gasteiger partial charge in [0.05, 0.1) is 0 Å². The molecule has 122 valence electrons. The number of aliphatic hydroxyl groups is 1. The van der Waals surface area contributed by atoms with Gasteiger partial charge < -0.3 is 5.11 Å². The SMILES string of the molecule is CCO.O=C(c1ccc(S)cc1)c1ccc(-c2ccccc2)cc1. The minimum atomic E-state index is 0.0305. The molecule has 0 saturated heterocycles. The standard InChI is InChI=1S/C19H14OS.C2H6O/c20-19(17-10-12-18(21)13-11-17)16-8-6-15(7-9-16)14-4-2-1-3-5-14;1-2-3/h1-13,21H;3H,2H2,1H3. The first kappa shape index (κ1) is 18.0. The average molecular weight is 336 g/mol. The van der Waals surface area contributed by atoms with Gasteiger partial charge in [-0.2, -0.15) is 0 Å². The predicted octanol–water partition coefficient (Wildman–Crippen LogP) is 4.87. The minimum Gasteiger partial charge on any atom is -0.397 e. The normalized spacial score (nSPS) is 9.79. The molecule has 0 aliphatic heterocycles. The Bertz CT molecular complexity index is 763. The summed E-state index contributed by atoms with van der Waals surface area (Å²) in [7, 11) is 0. The van der Waals surface area contributed by atoms with E-state index in [0.29, 0.717) is 11.1 Å². The lowest BCUT2D eigenvalue weighted by molar-refractivity contribution is 0.103. The van der Waals surface area contributed by atoms with Crippen LogP contribution in [0.2, 0.25) is 0 Å². The summed E-state index contributed by atoms with van der Waals surface area (Å²) >= 11 is 4.23. The number of thiol groups is 1. The lowest BCUT2D eigenvalue weighted by Gasteiger charge is -2.04. The largest absolute Gasteiger partial charge is 0.397 e. The molecule has 3 aromatic rings. The van der Waals surface area contributed by atoms with E-state index in [1.165, 1.54) is 0 Å². The van der Waals surface area contributed by atoms with Crippen LogP contribution in [0.5, 0.6) is 0 Å². The molecule has 0 bridgehead atoms. The van der Waals surface area contributed by atoms with Crippen molar-refractivity contribution in [3.63, 3.8) is 0 Å². The number of hydrogen-bond donors (Lipinski definition) is 2. The fraction of sp³-hybridized carbons (Fsp3) is 0.0952. The molecule has 2 nitrogen and oxygen atoms in total. The van der Waals surface area contributed by atoms with E-state index in [-0.39, 0.29) is 12.4 Å². The summed E-state index contributed by atoms with van der Waals surface area (Å²) in [6, 6.07) is 25.1. The molecule has 0 atom stereocenters. The molecule has 0 aliphatic rings. The third-order valence-electron chi connectivity index (χ3n) is 3.38. The summed E-state index contributed by atoms with van der Waals surface area (Å²) in [5.41, 5.74) is 3.63. The number of aliphatic hydroxyl groups excluding tert-OH is 1. The van der Waals surface area contributed by atoms with Crippen molar-refractivity contribution in [1.29, 1.82) is 0 Å². The summed E-state index contributed by atoms with van der Waals surface area (Å²) in [5.74, 6) is 0.0305. The highest BCUT2D eigenvalue weighted by Gasteiger charge is 2.08. The molecule has 0 spiro atoms. The van der Waals surface area contributed by atoms with Crippen LogP contribution in [-0.2, 0) is 0 Å². The van der Waals surface area contributed by atoms with Crippen LogP contribution in [0, 0.1) is 0 Å². The summed E-state index contributed by atoms with van der Waals surface area (Å²) in [4.78, 5) is 13.2. The van der Waals surface area contributed by atoms with Crippen LogP contribution >= 0.6 is 12.6 Å². The van der Waals surface area contributed by atoms with E-state index in [2.05, 4.69) is 24.8 Å². The number of carbonyl (C=O) groups is 1. The van der Waals surface area contributed by atoms with E-state index in [1.54, 1.807) is 19.1 Å². The molecule has 0 unspecified atom stereocenters. The van der Waals surface area contributed by atoms with Crippen molar-refractivity contribution < 1.29 is 9.90 Å². The molecule has 0 heterocycles. The van der Waals surface area contributed by atoms with Crippen molar-refractivity contribution in [2.75, 3.05) is 6.61 Å². The van der Waals surface area contributed by atoms with Crippen LogP contribution in [0.25, 0.3) is 11.1 Å². The minimum absolute atomic E-state index is 0.0305. The highest BCUT2D eigenvalue weighted by atomic mass is 32.1. The number of hydrogen-bond acceptors (Lipinski definition) is 3. The molecule has 3 rings (SSSR count). The number of benzene rings is 3. The zero-order valence-electron chi connectivity index (χ0n) is 13.5. The number of ketones is 1. The van der Waals surface area contributed by atoms with Gasteiger partial charge in [-0.15, -0.1) is 12.6 Å². The van der Waals surface area contributed by atoms with Crippen molar-refractivity contribution in [3.8, 4) is 11.1 Å². The average Bonchev–Trinajstić information content (AvgIpc) is 2.63. The Labute approximate surface area is 148 Å². The summed E-state index contributed by atoms with van der Waals surface area (Å²) in [5, 5.41) is 7.57. The van der Waals surface area contributed by atoms with Gasteiger partial charge in [0.15, 0.2) is 5.78 Å². The first-order valence-electron chi connectivity index (χ1n) is 7.75. The van der Waals surface area contributed by atoms with Crippen LogP contribution in [0.15, 0.2) is 83.8 Å². The molecule has 0 aromatic heterocycles. The van der Waals surface area contributed by atoms with Crippen LogP contribution < -0.4 is 0 Å². The highest BCUT2D eigenvalue weighted by molar-refractivity contribution is 7.80. The van der Waals surface area contributed by atoms with E-state index >= 15 is 0 Å². The van der Waals surface area contributed by atoms with E-state index in [1.807, 2.05) is 54.6 Å². The van der Waals surface area contributed by atoms with Crippen LogP contribution in [0.4, 0.5) is 0 Å². The van der Waals surface area contributed by atoms with Gasteiger partial charge in [-0.05, 0) is 42.3 Å². The van der Waals surface area contributed by atoms with E-state index in [9.17, 15) is 4.79 Å². The topological polar surface area (TPSA) is 37.3 Å². The fourth-order valence-corrected chi connectivity index (χ4v) is 2.37. The van der Waals surface area contributed by atoms with E-state index < -0.39 is 0 Å². The Kier molecular flexibility index (Phi) is 6.79. The smallest absolute Gasteiger partial charge is 0.193 e. The Morgan fingerprint density at radius 1 is 0.792 bits per heavy atom. The van der Waals surface area contributed by atoms with Gasteiger partial charge in [0.25, 0.3) is 0 Å². The zero-order valence-corrected chi connectivity index (χ0v) is 14.4. The molecular formula is C21H20O2S. The van der Waals surface area contributed by atoms with Gasteiger partial charge in [0, 0.05) is 22.6 Å². The lowest BCUT2D eigenvalue weighted by Crippen LogP contribution is -2.00. The molecule has 3 heteroatoms. The predicted molar refractivity (Wildman–Crippen MR) is 102 cm³/mol. The molecule has 24 heavy (non-hydrogen) atoms. The second kappa shape index (κ2) is 9.06. The second-order valence-electron chi connectivity index (χ2n) is 5.14. The van der Waals surface area contributed by atoms with Crippen LogP contribution in [-0.4, -0.2) is 17.5 Å². The van der Waals surface area contributed by atoms with Gasteiger partial charge in [-0.25, -0.2) is 0 Å². The molecule has 0 amide bonds. The van der Waals surface area contributed by atoms with Gasteiger partial charge >= 0.3 is 0 Å². The second-order valence-corrected chi connectivity index (χ2v) is 5.65. The van der Waals surface area contributed by atoms with Gasteiger partial charge in [-0.3, -0.25) is 4.79 Å². The van der Waals surface area contributed by atoms with E-state index in [0.717, 1.165) is 16.0 Å². The lowest BCUT2D eigenvalue weighted by atomic mass is 9.99. The third kappa shape index (κ3) is 4.82. The van der Waals surface area contributed by atoms with Gasteiger partial charge in [0.2, 0.25) is 0 Å². The van der Waals surface area contributed by atoms with E-state index in [4.69, 9.17) is 5.11 Å². The fourth-order valence-electron chi connectivity index (χ4n) is 2.22. The van der Waals surface area contributed by atoms with Crippen LogP contribution in [0.1, 0.15) is 22.8 Å². The Balaban J connectivity index is 0.000000647. The van der Waals surface area contributed by atoms with Crippen molar-refractivity contribution in [2.45, 2.75) is 11.8 Å². The maximum atomic E-state index is 12.4. The van der Waals surface area contributed by atoms with Gasteiger partial charge in [-0.1, -0.05) is 54.6 Å². The zero-order chi connectivity index (χ0) is 17.4. The first-order valence-corrected chi connectivity index (χ1v) is 8.20. The first-order chi connectivity index (χ1) is 11.7.